The maximum Gasteiger partial charge on any atom is 0.193 e. The van der Waals surface area contributed by atoms with E-state index in [2.05, 4.69) is 29.1 Å². The maximum absolute atomic E-state index is 12.2. The van der Waals surface area contributed by atoms with Crippen molar-refractivity contribution < 1.29 is 8.42 Å². The van der Waals surface area contributed by atoms with Gasteiger partial charge >= 0.3 is 0 Å². The van der Waals surface area contributed by atoms with Crippen molar-refractivity contribution in [3.8, 4) is 0 Å². The number of hydrogen-bond acceptors (Lipinski definition) is 3. The van der Waals surface area contributed by atoms with Crippen molar-refractivity contribution in [1.82, 2.24) is 10.2 Å². The van der Waals surface area contributed by atoms with Gasteiger partial charge in [0, 0.05) is 26.7 Å². The summed E-state index contributed by atoms with van der Waals surface area (Å²) < 4.78 is 23.6. The first-order valence-corrected chi connectivity index (χ1v) is 10.5. The van der Waals surface area contributed by atoms with Gasteiger partial charge in [0.2, 0.25) is 0 Å². The number of sulfone groups is 1. The minimum Gasteiger partial charge on any atom is -0.355 e. The smallest absolute Gasteiger partial charge is 0.193 e. The van der Waals surface area contributed by atoms with E-state index in [0.29, 0.717) is 6.54 Å². The number of aliphatic imine (C=N–C) groups is 1. The summed E-state index contributed by atoms with van der Waals surface area (Å²) in [7, 11) is -1.32. The Balaban J connectivity index is 2.54. The Bertz CT molecular complexity index is 490. The van der Waals surface area contributed by atoms with E-state index in [9.17, 15) is 8.42 Å². The molecule has 1 rings (SSSR count). The van der Waals surface area contributed by atoms with E-state index in [1.54, 1.807) is 27.8 Å². The molecule has 1 heterocycles. The van der Waals surface area contributed by atoms with E-state index in [1.807, 2.05) is 0 Å². The van der Waals surface area contributed by atoms with Gasteiger partial charge in [-0.25, -0.2) is 8.42 Å². The summed E-state index contributed by atoms with van der Waals surface area (Å²) in [5.41, 5.74) is 0. The van der Waals surface area contributed by atoms with E-state index in [4.69, 9.17) is 0 Å². The minimum atomic E-state index is -3.09. The SMILES string of the molecule is CCC(CC)C1CCN(C(=NC)NCCS(=O)(=O)C(C)(C)C)C1. The van der Waals surface area contributed by atoms with E-state index >= 15 is 0 Å². The lowest BCUT2D eigenvalue weighted by molar-refractivity contribution is 0.319. The highest BCUT2D eigenvalue weighted by Crippen LogP contribution is 2.28. The van der Waals surface area contributed by atoms with Crippen LogP contribution in [0.4, 0.5) is 0 Å². The van der Waals surface area contributed by atoms with Gasteiger partial charge in [-0.2, -0.15) is 0 Å². The van der Waals surface area contributed by atoms with E-state index in [0.717, 1.165) is 30.9 Å². The van der Waals surface area contributed by atoms with Crippen LogP contribution in [0, 0.1) is 11.8 Å². The molecule has 1 fully saturated rings. The molecule has 0 bridgehead atoms. The van der Waals surface area contributed by atoms with Crippen LogP contribution in [-0.4, -0.2) is 56.5 Å². The molecule has 0 aromatic rings. The summed E-state index contributed by atoms with van der Waals surface area (Å²) in [5, 5.41) is 3.23. The van der Waals surface area contributed by atoms with Crippen molar-refractivity contribution in [2.75, 3.05) is 32.4 Å². The fourth-order valence-corrected chi connectivity index (χ4v) is 4.24. The first kappa shape index (κ1) is 20.3. The molecule has 0 aromatic heterocycles. The second kappa shape index (κ2) is 8.36. The average molecular weight is 346 g/mol. The lowest BCUT2D eigenvalue weighted by Gasteiger charge is -2.25. The summed E-state index contributed by atoms with van der Waals surface area (Å²) in [4.78, 5) is 6.60. The quantitative estimate of drug-likeness (QED) is 0.593. The molecule has 1 atom stereocenters. The molecule has 6 heteroatoms. The molecule has 136 valence electrons. The molecular weight excluding hydrogens is 310 g/mol. The van der Waals surface area contributed by atoms with Gasteiger partial charge in [-0.3, -0.25) is 4.99 Å². The number of guanidine groups is 1. The second-order valence-electron chi connectivity index (χ2n) is 7.48. The van der Waals surface area contributed by atoms with Crippen LogP contribution in [-0.2, 0) is 9.84 Å². The van der Waals surface area contributed by atoms with Gasteiger partial charge in [0.1, 0.15) is 0 Å². The van der Waals surface area contributed by atoms with Crippen LogP contribution < -0.4 is 5.32 Å². The van der Waals surface area contributed by atoms with Crippen LogP contribution in [0.15, 0.2) is 4.99 Å². The molecule has 1 saturated heterocycles. The van der Waals surface area contributed by atoms with E-state index in [1.165, 1.54) is 19.3 Å². The van der Waals surface area contributed by atoms with E-state index in [-0.39, 0.29) is 5.75 Å². The number of nitrogens with zero attached hydrogens (tertiary/aromatic N) is 2. The summed E-state index contributed by atoms with van der Waals surface area (Å²) in [6.45, 7) is 12.2. The van der Waals surface area contributed by atoms with Crippen molar-refractivity contribution >= 4 is 15.8 Å². The van der Waals surface area contributed by atoms with Gasteiger partial charge in [0.15, 0.2) is 15.8 Å². The zero-order valence-electron chi connectivity index (χ0n) is 15.7. The fraction of sp³-hybridized carbons (Fsp3) is 0.941. The predicted octanol–water partition coefficient (Wildman–Crippen LogP) is 2.53. The first-order valence-electron chi connectivity index (χ1n) is 8.84. The van der Waals surface area contributed by atoms with Gasteiger partial charge in [0.05, 0.1) is 10.5 Å². The number of hydrogen-bond donors (Lipinski definition) is 1. The molecule has 5 nitrogen and oxygen atoms in total. The average Bonchev–Trinajstić information content (AvgIpc) is 2.93. The molecule has 0 aliphatic carbocycles. The van der Waals surface area contributed by atoms with Gasteiger partial charge < -0.3 is 10.2 Å². The Labute approximate surface area is 142 Å². The molecule has 1 aliphatic heterocycles. The van der Waals surface area contributed by atoms with Gasteiger partial charge in [-0.15, -0.1) is 0 Å². The largest absolute Gasteiger partial charge is 0.355 e. The molecule has 23 heavy (non-hydrogen) atoms. The zero-order valence-corrected chi connectivity index (χ0v) is 16.5. The zero-order chi connectivity index (χ0) is 17.7. The molecule has 0 radical (unpaired) electrons. The number of rotatable bonds is 6. The second-order valence-corrected chi connectivity index (χ2v) is 10.3. The molecule has 0 amide bonds. The third-order valence-corrected chi connectivity index (χ3v) is 7.65. The van der Waals surface area contributed by atoms with Gasteiger partial charge in [-0.1, -0.05) is 26.7 Å². The molecular formula is C17H35N3O2S. The highest BCUT2D eigenvalue weighted by molar-refractivity contribution is 7.92. The minimum absolute atomic E-state index is 0.138. The highest BCUT2D eigenvalue weighted by Gasteiger charge is 2.30. The Morgan fingerprint density at radius 1 is 1.30 bits per heavy atom. The molecule has 1 N–H and O–H groups in total. The summed E-state index contributed by atoms with van der Waals surface area (Å²) in [6.07, 6.45) is 3.66. The Kier molecular flexibility index (Phi) is 7.36. The van der Waals surface area contributed by atoms with Crippen LogP contribution in [0.5, 0.6) is 0 Å². The van der Waals surface area contributed by atoms with Crippen molar-refractivity contribution in [3.05, 3.63) is 0 Å². The van der Waals surface area contributed by atoms with Crippen LogP contribution in [0.2, 0.25) is 0 Å². The molecule has 0 saturated carbocycles. The maximum atomic E-state index is 12.2. The molecule has 1 aliphatic rings. The summed E-state index contributed by atoms with van der Waals surface area (Å²) in [6, 6.07) is 0. The van der Waals surface area contributed by atoms with Crippen LogP contribution in [0.3, 0.4) is 0 Å². The third-order valence-electron chi connectivity index (χ3n) is 5.04. The Morgan fingerprint density at radius 3 is 2.39 bits per heavy atom. The van der Waals surface area contributed by atoms with Crippen LogP contribution >= 0.6 is 0 Å². The lowest BCUT2D eigenvalue weighted by atomic mass is 9.87. The first-order chi connectivity index (χ1) is 10.7. The molecule has 1 unspecified atom stereocenters. The van der Waals surface area contributed by atoms with Crippen molar-refractivity contribution in [2.45, 2.75) is 58.6 Å². The standard InChI is InChI=1S/C17H35N3O2S/c1-7-14(8-2)15-9-11-20(13-15)16(18-6)19-10-12-23(21,22)17(3,4)5/h14-15H,7-13H2,1-6H3,(H,18,19). The predicted molar refractivity (Wildman–Crippen MR) is 98.7 cm³/mol. The molecule has 0 aromatic carbocycles. The lowest BCUT2D eigenvalue weighted by Crippen LogP contribution is -2.43. The summed E-state index contributed by atoms with van der Waals surface area (Å²) >= 11 is 0. The topological polar surface area (TPSA) is 61.8 Å². The van der Waals surface area contributed by atoms with Crippen LogP contribution in [0.25, 0.3) is 0 Å². The van der Waals surface area contributed by atoms with Crippen LogP contribution in [0.1, 0.15) is 53.9 Å². The Morgan fingerprint density at radius 2 is 1.91 bits per heavy atom. The third kappa shape index (κ3) is 5.37. The van der Waals surface area contributed by atoms with Crippen molar-refractivity contribution in [1.29, 1.82) is 0 Å². The van der Waals surface area contributed by atoms with Crippen molar-refractivity contribution in [3.63, 3.8) is 0 Å². The fourth-order valence-electron chi connectivity index (χ4n) is 3.26. The normalized spacial score (nSPS) is 20.4. The number of nitrogens with one attached hydrogen (secondary N) is 1. The van der Waals surface area contributed by atoms with E-state index < -0.39 is 14.6 Å². The number of likely N-dealkylation sites (tertiary alicyclic amines) is 1. The Hall–Kier alpha value is -0.780. The highest BCUT2D eigenvalue weighted by atomic mass is 32.2. The summed E-state index contributed by atoms with van der Waals surface area (Å²) in [5.74, 6) is 2.48. The monoisotopic (exact) mass is 345 g/mol. The molecule has 0 spiro atoms. The van der Waals surface area contributed by atoms with Gasteiger partial charge in [0.25, 0.3) is 0 Å². The van der Waals surface area contributed by atoms with Gasteiger partial charge in [-0.05, 0) is 39.0 Å². The van der Waals surface area contributed by atoms with Crippen molar-refractivity contribution in [2.24, 2.45) is 16.8 Å².